The van der Waals surface area contributed by atoms with Gasteiger partial charge in [-0.05, 0) is 63.4 Å². The zero-order valence-electron chi connectivity index (χ0n) is 15.4. The number of para-hydroxylation sites is 1. The summed E-state index contributed by atoms with van der Waals surface area (Å²) in [5.41, 5.74) is 0.738. The molecule has 1 saturated heterocycles. The van der Waals surface area contributed by atoms with Crippen LogP contribution in [0.5, 0.6) is 0 Å². The number of amides is 1. The molecular weight excluding hydrogens is 346 g/mol. The smallest absolute Gasteiger partial charge is 0.262 e. The maximum Gasteiger partial charge on any atom is 0.262 e. The van der Waals surface area contributed by atoms with Gasteiger partial charge >= 0.3 is 0 Å². The molecular formula is C20H27N3O2S. The number of nitrogens with one attached hydrogen (secondary N) is 1. The first kappa shape index (κ1) is 18.8. The topological polar surface area (TPSA) is 58.1 Å². The minimum atomic E-state index is -0.0393. The molecule has 0 spiro atoms. The van der Waals surface area contributed by atoms with E-state index in [-0.39, 0.29) is 11.5 Å². The van der Waals surface area contributed by atoms with Gasteiger partial charge < -0.3 is 9.88 Å². The van der Waals surface area contributed by atoms with Gasteiger partial charge in [-0.3, -0.25) is 14.2 Å². The minimum Gasteiger partial charge on any atom is -0.340 e. The Kier molecular flexibility index (Phi) is 6.25. The van der Waals surface area contributed by atoms with Crippen LogP contribution < -0.4 is 5.56 Å². The second kappa shape index (κ2) is 8.62. The van der Waals surface area contributed by atoms with Gasteiger partial charge in [0.2, 0.25) is 5.91 Å². The molecule has 3 rings (SSSR count). The van der Waals surface area contributed by atoms with Crippen molar-refractivity contribution >= 4 is 29.0 Å². The van der Waals surface area contributed by atoms with Crippen LogP contribution in [0.1, 0.15) is 51.9 Å². The number of rotatable bonds is 6. The highest BCUT2D eigenvalue weighted by atomic mass is 32.1. The number of likely N-dealkylation sites (tertiary alicyclic amines) is 1. The van der Waals surface area contributed by atoms with Crippen LogP contribution in [0.15, 0.2) is 29.1 Å². The summed E-state index contributed by atoms with van der Waals surface area (Å²) in [6.45, 7) is 3.64. The molecule has 1 aromatic carbocycles. The normalized spacial score (nSPS) is 17.6. The summed E-state index contributed by atoms with van der Waals surface area (Å²) in [6, 6.07) is 7.81. The number of H-pyrrole nitrogens is 1. The quantitative estimate of drug-likeness (QED) is 0.614. The van der Waals surface area contributed by atoms with Crippen molar-refractivity contribution in [3.63, 3.8) is 0 Å². The van der Waals surface area contributed by atoms with Gasteiger partial charge in [0, 0.05) is 25.6 Å². The van der Waals surface area contributed by atoms with E-state index in [0.717, 1.165) is 44.2 Å². The average Bonchev–Trinajstić information content (AvgIpc) is 2.64. The first-order valence-electron chi connectivity index (χ1n) is 9.59. The van der Waals surface area contributed by atoms with Crippen LogP contribution in [-0.2, 0) is 11.3 Å². The van der Waals surface area contributed by atoms with Crippen LogP contribution in [-0.4, -0.2) is 32.9 Å². The molecule has 2 heterocycles. The molecule has 5 nitrogen and oxygen atoms in total. The fourth-order valence-corrected chi connectivity index (χ4v) is 4.02. The third-order valence-corrected chi connectivity index (χ3v) is 5.61. The van der Waals surface area contributed by atoms with Crippen molar-refractivity contribution in [3.05, 3.63) is 39.4 Å². The monoisotopic (exact) mass is 373 g/mol. The number of aromatic amines is 1. The van der Waals surface area contributed by atoms with Crippen LogP contribution >= 0.6 is 12.2 Å². The largest absolute Gasteiger partial charge is 0.340 e. The predicted molar refractivity (Wildman–Crippen MR) is 107 cm³/mol. The van der Waals surface area contributed by atoms with Crippen molar-refractivity contribution in [2.24, 2.45) is 0 Å². The van der Waals surface area contributed by atoms with Gasteiger partial charge in [-0.1, -0.05) is 18.6 Å². The number of hydrogen-bond acceptors (Lipinski definition) is 3. The maximum absolute atomic E-state index is 12.6. The van der Waals surface area contributed by atoms with Gasteiger partial charge in [-0.2, -0.15) is 0 Å². The summed E-state index contributed by atoms with van der Waals surface area (Å²) in [7, 11) is 0. The average molecular weight is 374 g/mol. The molecule has 140 valence electrons. The maximum atomic E-state index is 12.6. The van der Waals surface area contributed by atoms with Crippen molar-refractivity contribution in [3.8, 4) is 0 Å². The Hall–Kier alpha value is -1.95. The molecule has 6 heteroatoms. The molecule has 1 aliphatic heterocycles. The molecule has 1 unspecified atom stereocenters. The van der Waals surface area contributed by atoms with E-state index in [9.17, 15) is 9.59 Å². The van der Waals surface area contributed by atoms with E-state index in [0.29, 0.717) is 29.2 Å². The zero-order chi connectivity index (χ0) is 18.5. The molecule has 1 N–H and O–H groups in total. The minimum absolute atomic E-state index is 0.0393. The van der Waals surface area contributed by atoms with Crippen LogP contribution in [0, 0.1) is 4.77 Å². The Labute approximate surface area is 159 Å². The van der Waals surface area contributed by atoms with E-state index in [2.05, 4.69) is 11.9 Å². The van der Waals surface area contributed by atoms with Crippen molar-refractivity contribution in [2.45, 2.75) is 64.5 Å². The van der Waals surface area contributed by atoms with Crippen LogP contribution in [0.25, 0.3) is 10.9 Å². The lowest BCUT2D eigenvalue weighted by atomic mass is 10.0. The van der Waals surface area contributed by atoms with Gasteiger partial charge in [0.1, 0.15) is 0 Å². The highest BCUT2D eigenvalue weighted by Gasteiger charge is 2.22. The number of nitrogens with zero attached hydrogens (tertiary/aromatic N) is 2. The predicted octanol–water partition coefficient (Wildman–Crippen LogP) is 4.02. The summed E-state index contributed by atoms with van der Waals surface area (Å²) < 4.78 is 2.10. The van der Waals surface area contributed by atoms with E-state index >= 15 is 0 Å². The number of piperidine rings is 1. The lowest BCUT2D eigenvalue weighted by Crippen LogP contribution is -2.41. The summed E-state index contributed by atoms with van der Waals surface area (Å²) in [4.78, 5) is 30.1. The second-order valence-corrected chi connectivity index (χ2v) is 7.56. The van der Waals surface area contributed by atoms with E-state index in [4.69, 9.17) is 12.2 Å². The fraction of sp³-hybridized carbons (Fsp3) is 0.550. The Morgan fingerprint density at radius 1 is 1.23 bits per heavy atom. The number of carbonyl (C=O) groups excluding carboxylic acids is 1. The van der Waals surface area contributed by atoms with Crippen LogP contribution in [0.4, 0.5) is 0 Å². The van der Waals surface area contributed by atoms with Gasteiger partial charge in [-0.15, -0.1) is 0 Å². The molecule has 2 aromatic rings. The van der Waals surface area contributed by atoms with Gasteiger partial charge in [0.25, 0.3) is 5.56 Å². The lowest BCUT2D eigenvalue weighted by Gasteiger charge is -2.33. The van der Waals surface area contributed by atoms with Gasteiger partial charge in [0.15, 0.2) is 4.77 Å². The molecule has 0 saturated carbocycles. The first-order chi connectivity index (χ1) is 12.6. The highest BCUT2D eigenvalue weighted by molar-refractivity contribution is 7.71. The van der Waals surface area contributed by atoms with Crippen molar-refractivity contribution < 1.29 is 4.79 Å². The number of benzene rings is 1. The zero-order valence-corrected chi connectivity index (χ0v) is 16.2. The van der Waals surface area contributed by atoms with Crippen molar-refractivity contribution in [2.75, 3.05) is 6.54 Å². The Bertz CT molecular complexity index is 886. The third kappa shape index (κ3) is 4.23. The lowest BCUT2D eigenvalue weighted by molar-refractivity contribution is -0.134. The molecule has 1 amide bonds. The summed E-state index contributed by atoms with van der Waals surface area (Å²) >= 11 is 5.33. The number of aromatic nitrogens is 2. The standard InChI is InChI=1S/C20H27N3O2S/c1-15-9-6-8-13-22(15)18(24)12-3-2-7-14-23-19(25)16-10-4-5-11-17(16)21-20(23)26/h4-5,10-11,15H,2-3,6-9,12-14H2,1H3,(H,21,26). The van der Waals surface area contributed by atoms with E-state index < -0.39 is 0 Å². The summed E-state index contributed by atoms with van der Waals surface area (Å²) in [6.07, 6.45) is 6.70. The van der Waals surface area contributed by atoms with E-state index in [1.54, 1.807) is 4.57 Å². The molecule has 26 heavy (non-hydrogen) atoms. The Morgan fingerprint density at radius 2 is 2.04 bits per heavy atom. The van der Waals surface area contributed by atoms with Gasteiger partial charge in [0.05, 0.1) is 10.9 Å². The molecule has 0 aliphatic carbocycles. The Balaban J connectivity index is 1.51. The number of fused-ring (bicyclic) bond motifs is 1. The molecule has 1 aliphatic rings. The first-order valence-corrected chi connectivity index (χ1v) is 10.00. The SMILES string of the molecule is CC1CCCCN1C(=O)CCCCCn1c(=S)[nH]c2ccccc2c1=O. The van der Waals surface area contributed by atoms with Gasteiger partial charge in [-0.25, -0.2) is 0 Å². The number of unbranched alkanes of at least 4 members (excludes halogenated alkanes) is 2. The van der Waals surface area contributed by atoms with E-state index in [1.807, 2.05) is 29.2 Å². The molecule has 1 aromatic heterocycles. The molecule has 0 bridgehead atoms. The highest BCUT2D eigenvalue weighted by Crippen LogP contribution is 2.18. The number of carbonyl (C=O) groups is 1. The van der Waals surface area contributed by atoms with Crippen LogP contribution in [0.2, 0.25) is 0 Å². The second-order valence-electron chi connectivity index (χ2n) is 7.18. The van der Waals surface area contributed by atoms with E-state index in [1.165, 1.54) is 6.42 Å². The third-order valence-electron chi connectivity index (χ3n) is 5.29. The van der Waals surface area contributed by atoms with Crippen LogP contribution in [0.3, 0.4) is 0 Å². The van der Waals surface area contributed by atoms with Crippen molar-refractivity contribution in [1.29, 1.82) is 0 Å². The molecule has 1 fully saturated rings. The Morgan fingerprint density at radius 3 is 2.85 bits per heavy atom. The summed E-state index contributed by atoms with van der Waals surface area (Å²) in [5, 5.41) is 0.662. The van der Waals surface area contributed by atoms with Crippen molar-refractivity contribution in [1.82, 2.24) is 14.5 Å². The molecule has 0 radical (unpaired) electrons. The number of hydrogen-bond donors (Lipinski definition) is 1. The fourth-order valence-electron chi connectivity index (χ4n) is 3.74. The summed E-state index contributed by atoms with van der Waals surface area (Å²) in [5.74, 6) is 0.275. The molecule has 1 atom stereocenters.